The lowest BCUT2D eigenvalue weighted by molar-refractivity contribution is -0.137. The summed E-state index contributed by atoms with van der Waals surface area (Å²) in [5.41, 5.74) is -0.0725. The summed E-state index contributed by atoms with van der Waals surface area (Å²) in [6.45, 7) is 0. The van der Waals surface area contributed by atoms with Crippen LogP contribution in [-0.4, -0.2) is 6.08 Å². The monoisotopic (exact) mass is 225 g/mol. The van der Waals surface area contributed by atoms with Gasteiger partial charge in [-0.05, 0) is 17.7 Å². The number of nitrogens with zero attached hydrogens (tertiary/aromatic N) is 1. The van der Waals surface area contributed by atoms with Gasteiger partial charge in [-0.15, -0.1) is 4.99 Å². The molecule has 1 aromatic rings. The minimum absolute atomic E-state index is 0.239. The van der Waals surface area contributed by atoms with Crippen LogP contribution in [0.25, 0.3) is 0 Å². The third-order valence-electron chi connectivity index (χ3n) is 1.75. The predicted molar refractivity (Wildman–Crippen MR) is 51.0 cm³/mol. The molecule has 0 aliphatic rings. The maximum Gasteiger partial charge on any atom is 0.416 e. The second-order valence-electron chi connectivity index (χ2n) is 2.86. The van der Waals surface area contributed by atoms with Gasteiger partial charge < -0.3 is 0 Å². The smallest absolute Gasteiger partial charge is 0.210 e. The van der Waals surface area contributed by atoms with E-state index in [1.165, 1.54) is 18.2 Å². The van der Waals surface area contributed by atoms with E-state index >= 15 is 0 Å². The lowest BCUT2D eigenvalue weighted by Crippen LogP contribution is -2.04. The number of carbonyl (C=O) groups excluding carboxylic acids is 1. The van der Waals surface area contributed by atoms with Crippen molar-refractivity contribution in [3.63, 3.8) is 0 Å². The van der Waals surface area contributed by atoms with Gasteiger partial charge in [0.1, 0.15) is 0 Å². The van der Waals surface area contributed by atoms with Gasteiger partial charge >= 0.3 is 6.18 Å². The highest BCUT2D eigenvalue weighted by Gasteiger charge is 2.29. The van der Waals surface area contributed by atoms with Crippen LogP contribution in [0.5, 0.6) is 0 Å². The van der Waals surface area contributed by atoms with Crippen LogP contribution in [0.2, 0.25) is 0 Å². The van der Waals surface area contributed by atoms with Gasteiger partial charge in [0.05, 0.1) is 5.56 Å². The molecular weight excluding hydrogens is 219 g/mol. The third kappa shape index (κ3) is 3.60. The highest BCUT2D eigenvalue weighted by molar-refractivity contribution is 5.36. The van der Waals surface area contributed by atoms with Crippen molar-refractivity contribution >= 4 is 6.08 Å². The first-order valence-electron chi connectivity index (χ1n) is 4.25. The van der Waals surface area contributed by atoms with E-state index in [1.807, 2.05) is 0 Å². The summed E-state index contributed by atoms with van der Waals surface area (Å²) in [4.78, 5) is 12.6. The van der Waals surface area contributed by atoms with Gasteiger partial charge in [-0.25, -0.2) is 4.79 Å². The summed E-state index contributed by atoms with van der Waals surface area (Å²) >= 11 is 0. The molecule has 1 rings (SSSR count). The quantitative estimate of drug-likeness (QED) is 0.410. The molecule has 0 saturated heterocycles. The summed E-state index contributed by atoms with van der Waals surface area (Å²) in [7, 11) is 0. The molecule has 0 aliphatic carbocycles. The lowest BCUT2D eigenvalue weighted by Gasteiger charge is -2.06. The number of benzene rings is 1. The molecular formula is C11H6F3NO. The van der Waals surface area contributed by atoms with Crippen LogP contribution in [0.4, 0.5) is 13.2 Å². The number of alkyl halides is 3. The van der Waals surface area contributed by atoms with E-state index in [-0.39, 0.29) is 6.42 Å². The molecule has 0 bridgehead atoms. The molecule has 0 heterocycles. The van der Waals surface area contributed by atoms with Gasteiger partial charge in [0.15, 0.2) is 0 Å². The number of rotatable bonds is 1. The van der Waals surface area contributed by atoms with Crippen LogP contribution >= 0.6 is 0 Å². The van der Waals surface area contributed by atoms with Gasteiger partial charge in [-0.3, -0.25) is 0 Å². The number of isocyanates is 1. The van der Waals surface area contributed by atoms with Crippen molar-refractivity contribution in [3.8, 4) is 12.0 Å². The maximum atomic E-state index is 12.2. The van der Waals surface area contributed by atoms with Gasteiger partial charge in [0.25, 0.3) is 0 Å². The maximum absolute atomic E-state index is 12.2. The Hall–Kier alpha value is -2.05. The predicted octanol–water partition coefficient (Wildman–Crippen LogP) is 2.54. The molecule has 82 valence electrons. The Morgan fingerprint density at radius 2 is 1.81 bits per heavy atom. The second-order valence-corrected chi connectivity index (χ2v) is 2.86. The van der Waals surface area contributed by atoms with Gasteiger partial charge in [-0.2, -0.15) is 13.2 Å². The van der Waals surface area contributed by atoms with E-state index in [0.717, 1.165) is 12.1 Å². The van der Waals surface area contributed by atoms with Crippen molar-refractivity contribution in [2.24, 2.45) is 4.99 Å². The van der Waals surface area contributed by atoms with Crippen LogP contribution < -0.4 is 0 Å². The van der Waals surface area contributed by atoms with Crippen molar-refractivity contribution in [2.75, 3.05) is 0 Å². The Kier molecular flexibility index (Phi) is 3.87. The van der Waals surface area contributed by atoms with E-state index in [2.05, 4.69) is 17.0 Å². The molecule has 16 heavy (non-hydrogen) atoms. The Morgan fingerprint density at radius 3 is 2.31 bits per heavy atom. The highest BCUT2D eigenvalue weighted by Crippen LogP contribution is 2.28. The van der Waals surface area contributed by atoms with Gasteiger partial charge in [0.2, 0.25) is 6.08 Å². The van der Waals surface area contributed by atoms with Crippen LogP contribution in [0.3, 0.4) is 0 Å². The standard InChI is InChI=1S/C11H6F3NO/c12-11(13,14)10-5-3-9(4-6-10)2-1-7-15-8-16/h3-6H,2H2. The van der Waals surface area contributed by atoms with Crippen molar-refractivity contribution in [1.29, 1.82) is 0 Å². The molecule has 0 aliphatic heterocycles. The topological polar surface area (TPSA) is 29.4 Å². The SMILES string of the molecule is O=C=NC#CCc1ccc(C(F)(F)F)cc1. The van der Waals surface area contributed by atoms with Crippen LogP contribution in [0.1, 0.15) is 11.1 Å². The summed E-state index contributed by atoms with van der Waals surface area (Å²) in [6, 6.07) is 6.80. The minimum atomic E-state index is -4.33. The molecule has 2 nitrogen and oxygen atoms in total. The normalized spacial score (nSPS) is 9.94. The van der Waals surface area contributed by atoms with Crippen molar-refractivity contribution < 1.29 is 18.0 Å². The van der Waals surface area contributed by atoms with Gasteiger partial charge in [-0.1, -0.05) is 18.1 Å². The Balaban J connectivity index is 2.73. The second kappa shape index (κ2) is 5.15. The fraction of sp³-hybridized carbons (Fsp3) is 0.182. The Bertz CT molecular complexity index is 459. The fourth-order valence-electron chi connectivity index (χ4n) is 1.02. The van der Waals surface area contributed by atoms with E-state index in [9.17, 15) is 18.0 Å². The van der Waals surface area contributed by atoms with Crippen molar-refractivity contribution in [1.82, 2.24) is 0 Å². The van der Waals surface area contributed by atoms with Crippen molar-refractivity contribution in [3.05, 3.63) is 35.4 Å². The lowest BCUT2D eigenvalue weighted by atomic mass is 10.1. The molecule has 0 spiro atoms. The molecule has 0 fully saturated rings. The summed E-state index contributed by atoms with van der Waals surface area (Å²) in [5.74, 6) is 2.50. The van der Waals surface area contributed by atoms with E-state index in [4.69, 9.17) is 0 Å². The summed E-state index contributed by atoms with van der Waals surface area (Å²) < 4.78 is 36.6. The fourth-order valence-corrected chi connectivity index (χ4v) is 1.02. The molecule has 0 amide bonds. The summed E-state index contributed by atoms with van der Waals surface area (Å²) in [6.07, 6.45) is -2.85. The molecule has 0 atom stereocenters. The molecule has 0 unspecified atom stereocenters. The van der Waals surface area contributed by atoms with E-state index in [1.54, 1.807) is 0 Å². The molecule has 0 N–H and O–H groups in total. The largest absolute Gasteiger partial charge is 0.416 e. The average Bonchev–Trinajstić information content (AvgIpc) is 2.24. The van der Waals surface area contributed by atoms with Gasteiger partial charge in [0, 0.05) is 12.5 Å². The number of hydrogen-bond acceptors (Lipinski definition) is 2. The Labute approximate surface area is 89.8 Å². The molecule has 1 aromatic carbocycles. The van der Waals surface area contributed by atoms with E-state index < -0.39 is 11.7 Å². The van der Waals surface area contributed by atoms with Crippen LogP contribution in [0.15, 0.2) is 29.3 Å². The first-order valence-corrected chi connectivity index (χ1v) is 4.25. The summed E-state index contributed by atoms with van der Waals surface area (Å²) in [5, 5.41) is 0. The number of halogens is 3. The molecule has 5 heteroatoms. The zero-order valence-electron chi connectivity index (χ0n) is 8.01. The zero-order chi connectivity index (χ0) is 12.0. The number of aliphatic imine (C=N–C) groups is 1. The minimum Gasteiger partial charge on any atom is -0.210 e. The molecule has 0 radical (unpaired) electrons. The Morgan fingerprint density at radius 1 is 1.19 bits per heavy atom. The number of hydrogen-bond donors (Lipinski definition) is 0. The molecule has 0 aromatic heterocycles. The first-order chi connectivity index (χ1) is 7.54. The highest BCUT2D eigenvalue weighted by atomic mass is 19.4. The van der Waals surface area contributed by atoms with E-state index in [0.29, 0.717) is 5.56 Å². The van der Waals surface area contributed by atoms with Crippen LogP contribution in [-0.2, 0) is 17.4 Å². The third-order valence-corrected chi connectivity index (χ3v) is 1.75. The van der Waals surface area contributed by atoms with Crippen LogP contribution in [0, 0.1) is 12.0 Å². The molecule has 0 saturated carbocycles. The average molecular weight is 225 g/mol. The zero-order valence-corrected chi connectivity index (χ0v) is 8.01. The first kappa shape index (κ1) is 12.0. The van der Waals surface area contributed by atoms with Crippen molar-refractivity contribution in [2.45, 2.75) is 12.6 Å².